The van der Waals surface area contributed by atoms with Crippen LogP contribution in [0.4, 0.5) is 4.39 Å². The molecule has 2 aromatic carbocycles. The maximum atomic E-state index is 13.2. The van der Waals surface area contributed by atoms with Gasteiger partial charge in [0.1, 0.15) is 11.4 Å². The highest BCUT2D eigenvalue weighted by molar-refractivity contribution is 5.99. The zero-order valence-corrected chi connectivity index (χ0v) is 15.1. The van der Waals surface area contributed by atoms with Crippen LogP contribution < -0.4 is 0 Å². The summed E-state index contributed by atoms with van der Waals surface area (Å²) < 4.78 is 20.1. The number of aromatic nitrogens is 2. The third-order valence-electron chi connectivity index (χ3n) is 4.24. The lowest BCUT2D eigenvalue weighted by Crippen LogP contribution is -2.15. The lowest BCUT2D eigenvalue weighted by molar-refractivity contribution is 0.0473. The third-order valence-corrected chi connectivity index (χ3v) is 4.24. The lowest BCUT2D eigenvalue weighted by atomic mass is 10.1. The Hall–Kier alpha value is -3.28. The molecule has 1 aromatic heterocycles. The molecule has 0 N–H and O–H groups in total. The average Bonchev–Trinajstić information content (AvgIpc) is 2.93. The van der Waals surface area contributed by atoms with Crippen molar-refractivity contribution in [2.45, 2.75) is 20.4 Å². The number of hydrogen-bond donors (Lipinski definition) is 0. The molecule has 3 aromatic rings. The van der Waals surface area contributed by atoms with Crippen LogP contribution in [0, 0.1) is 19.7 Å². The average molecular weight is 366 g/mol. The minimum atomic E-state index is -0.617. The summed E-state index contributed by atoms with van der Waals surface area (Å²) in [6, 6.07) is 15.0. The van der Waals surface area contributed by atoms with Crippen molar-refractivity contribution in [1.29, 1.82) is 0 Å². The molecule has 138 valence electrons. The summed E-state index contributed by atoms with van der Waals surface area (Å²) in [5.41, 5.74) is 2.77. The predicted molar refractivity (Wildman–Crippen MR) is 98.3 cm³/mol. The van der Waals surface area contributed by atoms with Crippen LogP contribution in [0.25, 0.3) is 0 Å². The first-order valence-corrected chi connectivity index (χ1v) is 8.49. The van der Waals surface area contributed by atoms with Gasteiger partial charge in [0.15, 0.2) is 12.4 Å². The maximum Gasteiger partial charge on any atom is 0.342 e. The fraction of sp³-hybridized carbons (Fsp3) is 0.190. The van der Waals surface area contributed by atoms with E-state index in [1.165, 1.54) is 18.2 Å². The molecule has 5 nitrogen and oxygen atoms in total. The Bertz CT molecular complexity index is 980. The summed E-state index contributed by atoms with van der Waals surface area (Å²) in [5, 5.41) is 4.40. The number of ether oxygens (including phenoxy) is 1. The van der Waals surface area contributed by atoms with Crippen molar-refractivity contribution >= 4 is 11.8 Å². The number of nitrogens with zero attached hydrogens (tertiary/aromatic N) is 2. The van der Waals surface area contributed by atoms with Crippen LogP contribution in [0.5, 0.6) is 0 Å². The largest absolute Gasteiger partial charge is 0.454 e. The summed E-state index contributed by atoms with van der Waals surface area (Å²) in [5.74, 6) is -1.59. The Morgan fingerprint density at radius 1 is 1.07 bits per heavy atom. The van der Waals surface area contributed by atoms with Crippen molar-refractivity contribution in [3.05, 3.63) is 88.5 Å². The summed E-state index contributed by atoms with van der Waals surface area (Å²) in [6.07, 6.45) is 0. The molecule has 0 spiro atoms. The van der Waals surface area contributed by atoms with Crippen LogP contribution in [-0.2, 0) is 11.3 Å². The summed E-state index contributed by atoms with van der Waals surface area (Å²) in [4.78, 5) is 24.5. The first-order valence-electron chi connectivity index (χ1n) is 8.49. The van der Waals surface area contributed by atoms with E-state index in [0.717, 1.165) is 11.6 Å². The molecule has 27 heavy (non-hydrogen) atoms. The number of carbonyl (C=O) groups excluding carboxylic acids is 2. The maximum absolute atomic E-state index is 13.2. The number of benzene rings is 2. The first-order chi connectivity index (χ1) is 13.0. The molecule has 0 fully saturated rings. The molecular weight excluding hydrogens is 347 g/mol. The van der Waals surface area contributed by atoms with Crippen molar-refractivity contribution in [1.82, 2.24) is 9.78 Å². The van der Waals surface area contributed by atoms with Gasteiger partial charge in [-0.3, -0.25) is 9.48 Å². The second kappa shape index (κ2) is 7.95. The summed E-state index contributed by atoms with van der Waals surface area (Å²) in [6.45, 7) is 3.58. The van der Waals surface area contributed by atoms with Crippen LogP contribution in [0.3, 0.4) is 0 Å². The zero-order valence-electron chi connectivity index (χ0n) is 15.1. The Morgan fingerprint density at radius 3 is 2.52 bits per heavy atom. The van der Waals surface area contributed by atoms with Gasteiger partial charge in [0.25, 0.3) is 0 Å². The number of ketones is 1. The summed E-state index contributed by atoms with van der Waals surface area (Å²) in [7, 11) is 0. The molecule has 0 unspecified atom stereocenters. The van der Waals surface area contributed by atoms with Gasteiger partial charge in [-0.25, -0.2) is 9.18 Å². The van der Waals surface area contributed by atoms with Gasteiger partial charge in [-0.15, -0.1) is 0 Å². The van der Waals surface area contributed by atoms with Crippen LogP contribution in [0.15, 0.2) is 54.6 Å². The topological polar surface area (TPSA) is 61.2 Å². The van der Waals surface area contributed by atoms with Crippen LogP contribution >= 0.6 is 0 Å². The number of halogens is 1. The SMILES string of the molecule is Cc1nn(Cc2ccccc2)c(C)c1C(=O)OCC(=O)c1cccc(F)c1. The summed E-state index contributed by atoms with van der Waals surface area (Å²) >= 11 is 0. The number of hydrogen-bond acceptors (Lipinski definition) is 4. The van der Waals surface area contributed by atoms with E-state index in [-0.39, 0.29) is 5.56 Å². The fourth-order valence-electron chi connectivity index (χ4n) is 2.85. The molecule has 0 aliphatic heterocycles. The van der Waals surface area contributed by atoms with Crippen LogP contribution in [0.2, 0.25) is 0 Å². The molecule has 0 bridgehead atoms. The van der Waals surface area contributed by atoms with E-state index in [1.54, 1.807) is 18.5 Å². The van der Waals surface area contributed by atoms with Crippen molar-refractivity contribution in [3.63, 3.8) is 0 Å². The van der Waals surface area contributed by atoms with E-state index in [0.29, 0.717) is 23.5 Å². The molecule has 6 heteroatoms. The van der Waals surface area contributed by atoms with E-state index in [2.05, 4.69) is 5.10 Å². The number of esters is 1. The highest BCUT2D eigenvalue weighted by atomic mass is 19.1. The van der Waals surface area contributed by atoms with Gasteiger partial charge in [-0.2, -0.15) is 5.10 Å². The number of carbonyl (C=O) groups is 2. The number of rotatable bonds is 6. The predicted octanol–water partition coefficient (Wildman–Crippen LogP) is 3.73. The van der Waals surface area contributed by atoms with Gasteiger partial charge in [0.2, 0.25) is 0 Å². The van der Waals surface area contributed by atoms with Crippen LogP contribution in [-0.4, -0.2) is 28.1 Å². The van der Waals surface area contributed by atoms with E-state index >= 15 is 0 Å². The minimum absolute atomic E-state index is 0.163. The van der Waals surface area contributed by atoms with Crippen LogP contribution in [0.1, 0.15) is 37.7 Å². The monoisotopic (exact) mass is 366 g/mol. The molecule has 0 atom stereocenters. The van der Waals surface area contributed by atoms with Crippen molar-refractivity contribution in [2.24, 2.45) is 0 Å². The Kier molecular flexibility index (Phi) is 5.45. The van der Waals surface area contributed by atoms with Gasteiger partial charge >= 0.3 is 5.97 Å². The van der Waals surface area contributed by atoms with E-state index < -0.39 is 24.2 Å². The van der Waals surface area contributed by atoms with Gasteiger partial charge in [0.05, 0.1) is 17.9 Å². The molecule has 0 aliphatic rings. The third kappa shape index (κ3) is 4.28. The second-order valence-corrected chi connectivity index (χ2v) is 6.20. The normalized spacial score (nSPS) is 10.6. The van der Waals surface area contributed by atoms with Crippen molar-refractivity contribution in [2.75, 3.05) is 6.61 Å². The molecule has 0 amide bonds. The van der Waals surface area contributed by atoms with Crippen molar-refractivity contribution < 1.29 is 18.7 Å². The quantitative estimate of drug-likeness (QED) is 0.493. The zero-order chi connectivity index (χ0) is 19.4. The molecule has 3 rings (SSSR count). The van der Waals surface area contributed by atoms with Gasteiger partial charge in [-0.1, -0.05) is 42.5 Å². The Morgan fingerprint density at radius 2 is 1.81 bits per heavy atom. The van der Waals surface area contributed by atoms with E-state index in [4.69, 9.17) is 4.74 Å². The Labute approximate surface area is 156 Å². The van der Waals surface area contributed by atoms with Gasteiger partial charge in [-0.05, 0) is 31.5 Å². The number of Topliss-reactive ketones (excluding diaryl/α,β-unsaturated/α-hetero) is 1. The minimum Gasteiger partial charge on any atom is -0.454 e. The lowest BCUT2D eigenvalue weighted by Gasteiger charge is -2.07. The standard InChI is InChI=1S/C21H19FN2O3/c1-14-20(15(2)24(23-14)12-16-7-4-3-5-8-16)21(26)27-13-19(25)17-9-6-10-18(22)11-17/h3-11H,12-13H2,1-2H3. The highest BCUT2D eigenvalue weighted by Gasteiger charge is 2.21. The number of aryl methyl sites for hydroxylation is 1. The Balaban J connectivity index is 1.70. The molecule has 0 saturated heterocycles. The second-order valence-electron chi connectivity index (χ2n) is 6.20. The van der Waals surface area contributed by atoms with E-state index in [9.17, 15) is 14.0 Å². The smallest absolute Gasteiger partial charge is 0.342 e. The highest BCUT2D eigenvalue weighted by Crippen LogP contribution is 2.16. The molecular formula is C21H19FN2O3. The molecule has 0 aliphatic carbocycles. The van der Waals surface area contributed by atoms with Gasteiger partial charge < -0.3 is 4.74 Å². The van der Waals surface area contributed by atoms with E-state index in [1.807, 2.05) is 30.3 Å². The fourth-order valence-corrected chi connectivity index (χ4v) is 2.85. The molecule has 0 radical (unpaired) electrons. The first kappa shape index (κ1) is 18.5. The molecule has 0 saturated carbocycles. The van der Waals surface area contributed by atoms with Crippen molar-refractivity contribution in [3.8, 4) is 0 Å². The molecule has 1 heterocycles. The van der Waals surface area contributed by atoms with Gasteiger partial charge in [0, 0.05) is 5.56 Å².